The zero-order valence-electron chi connectivity index (χ0n) is 17.3. The van der Waals surface area contributed by atoms with Gasteiger partial charge in [0.1, 0.15) is 0 Å². The lowest BCUT2D eigenvalue weighted by atomic mass is 9.91. The Morgan fingerprint density at radius 3 is 2.56 bits per heavy atom. The van der Waals surface area contributed by atoms with Crippen LogP contribution in [0.5, 0.6) is 0 Å². The van der Waals surface area contributed by atoms with E-state index in [1.165, 1.54) is 10.6 Å². The highest BCUT2D eigenvalue weighted by atomic mass is 19.4. The molecule has 1 amide bonds. The van der Waals surface area contributed by atoms with Gasteiger partial charge in [0.2, 0.25) is 5.82 Å². The highest BCUT2D eigenvalue weighted by Crippen LogP contribution is 2.48. The Morgan fingerprint density at radius 1 is 1.16 bits per heavy atom. The molecule has 1 aliphatic heterocycles. The first-order valence-corrected chi connectivity index (χ1v) is 10.7. The molecule has 10 heteroatoms. The molecule has 0 radical (unpaired) electrons. The van der Waals surface area contributed by atoms with Crippen molar-refractivity contribution in [2.75, 3.05) is 19.6 Å². The van der Waals surface area contributed by atoms with E-state index in [0.717, 1.165) is 11.6 Å². The molecule has 1 aromatic carbocycles. The molecule has 0 bridgehead atoms. The molecule has 32 heavy (non-hydrogen) atoms. The summed E-state index contributed by atoms with van der Waals surface area (Å²) >= 11 is 0. The van der Waals surface area contributed by atoms with E-state index < -0.39 is 11.7 Å². The Hall–Kier alpha value is -3.01. The van der Waals surface area contributed by atoms with Gasteiger partial charge in [0.05, 0.1) is 5.56 Å². The van der Waals surface area contributed by atoms with Crippen LogP contribution in [-0.2, 0) is 12.6 Å². The van der Waals surface area contributed by atoms with E-state index >= 15 is 0 Å². The summed E-state index contributed by atoms with van der Waals surface area (Å²) in [5.74, 6) is 0.378. The number of nitrogens with two attached hydrogens (primary N) is 1. The molecule has 168 valence electrons. The molecule has 2 aromatic heterocycles. The molecule has 2 fully saturated rings. The van der Waals surface area contributed by atoms with Crippen molar-refractivity contribution in [1.29, 1.82) is 0 Å². The molecule has 1 saturated heterocycles. The van der Waals surface area contributed by atoms with Crippen molar-refractivity contribution in [2.24, 2.45) is 17.6 Å². The van der Waals surface area contributed by atoms with Gasteiger partial charge < -0.3 is 10.6 Å². The number of aromatic nitrogens is 4. The fourth-order valence-electron chi connectivity index (χ4n) is 5.18. The number of halogens is 3. The van der Waals surface area contributed by atoms with Gasteiger partial charge in [-0.15, -0.1) is 5.10 Å². The highest BCUT2D eigenvalue weighted by molar-refractivity contribution is 5.91. The van der Waals surface area contributed by atoms with Crippen LogP contribution in [0, 0.1) is 11.8 Å². The van der Waals surface area contributed by atoms with Crippen LogP contribution in [0.15, 0.2) is 36.7 Å². The second-order valence-electron chi connectivity index (χ2n) is 8.66. The summed E-state index contributed by atoms with van der Waals surface area (Å²) in [4.78, 5) is 23.2. The number of amides is 1. The van der Waals surface area contributed by atoms with Gasteiger partial charge in [0.15, 0.2) is 0 Å². The number of rotatable bonds is 4. The molecule has 1 unspecified atom stereocenters. The predicted octanol–water partition coefficient (Wildman–Crippen LogP) is 2.91. The average Bonchev–Trinajstić information content (AvgIpc) is 3.45. The van der Waals surface area contributed by atoms with Crippen molar-refractivity contribution in [2.45, 2.75) is 31.4 Å². The number of hydrogen-bond acceptors (Lipinski definition) is 5. The summed E-state index contributed by atoms with van der Waals surface area (Å²) in [6.07, 6.45) is 1.02. The Morgan fingerprint density at radius 2 is 1.88 bits per heavy atom. The first-order valence-electron chi connectivity index (χ1n) is 10.7. The molecular weight excluding hydrogens is 421 g/mol. The van der Waals surface area contributed by atoms with Gasteiger partial charge in [-0.2, -0.15) is 18.2 Å². The minimum absolute atomic E-state index is 0.0846. The molecule has 2 aliphatic rings. The fraction of sp³-hybridized carbons (Fsp3) is 0.455. The Kier molecular flexibility index (Phi) is 5.11. The molecular formula is C22H23F3N6O. The van der Waals surface area contributed by atoms with Crippen molar-refractivity contribution in [3.05, 3.63) is 59.2 Å². The topological polar surface area (TPSA) is 89.4 Å². The number of nitrogens with zero attached hydrogens (tertiary/aromatic N) is 5. The van der Waals surface area contributed by atoms with Gasteiger partial charge in [0, 0.05) is 25.5 Å². The van der Waals surface area contributed by atoms with Crippen molar-refractivity contribution in [1.82, 2.24) is 24.5 Å². The number of hydrogen-bond donors (Lipinski definition) is 1. The maximum absolute atomic E-state index is 13.4. The van der Waals surface area contributed by atoms with Gasteiger partial charge in [-0.25, -0.2) is 9.50 Å². The zero-order valence-corrected chi connectivity index (χ0v) is 17.3. The van der Waals surface area contributed by atoms with Crippen molar-refractivity contribution >= 4 is 11.7 Å². The number of benzene rings is 1. The molecule has 2 N–H and O–H groups in total. The number of alkyl halides is 3. The lowest BCUT2D eigenvalue weighted by Crippen LogP contribution is -2.30. The molecule has 3 atom stereocenters. The number of likely N-dealkylation sites (tertiary alicyclic amines) is 1. The van der Waals surface area contributed by atoms with E-state index in [1.807, 2.05) is 0 Å². The minimum Gasteiger partial charge on any atom is -0.335 e. The largest absolute Gasteiger partial charge is 0.416 e. The number of carbonyl (C=O) groups excluding carboxylic acids is 1. The van der Waals surface area contributed by atoms with Crippen LogP contribution in [0.3, 0.4) is 0 Å². The van der Waals surface area contributed by atoms with Gasteiger partial charge in [-0.05, 0) is 60.8 Å². The summed E-state index contributed by atoms with van der Waals surface area (Å²) in [6.45, 7) is 1.50. The first kappa shape index (κ1) is 20.9. The highest BCUT2D eigenvalue weighted by Gasteiger charge is 2.45. The molecule has 3 aromatic rings. The van der Waals surface area contributed by atoms with Gasteiger partial charge in [-0.1, -0.05) is 18.2 Å². The molecule has 3 heterocycles. The summed E-state index contributed by atoms with van der Waals surface area (Å²) < 4.78 is 41.8. The van der Waals surface area contributed by atoms with Crippen molar-refractivity contribution in [3.63, 3.8) is 0 Å². The normalized spacial score (nSPS) is 23.1. The van der Waals surface area contributed by atoms with Gasteiger partial charge >= 0.3 is 6.18 Å². The van der Waals surface area contributed by atoms with Crippen LogP contribution in [0.1, 0.15) is 46.1 Å². The lowest BCUT2D eigenvalue weighted by Gasteiger charge is -2.21. The van der Waals surface area contributed by atoms with E-state index in [0.29, 0.717) is 50.2 Å². The minimum atomic E-state index is -4.36. The second-order valence-corrected chi connectivity index (χ2v) is 8.66. The summed E-state index contributed by atoms with van der Waals surface area (Å²) in [5, 5.41) is 4.28. The molecule has 5 rings (SSSR count). The summed E-state index contributed by atoms with van der Waals surface area (Å²) in [6, 6.07) is 5.83. The Labute approximate surface area is 182 Å². The van der Waals surface area contributed by atoms with Crippen LogP contribution < -0.4 is 5.73 Å². The smallest absolute Gasteiger partial charge is 0.335 e. The van der Waals surface area contributed by atoms with Gasteiger partial charge in [0.25, 0.3) is 11.7 Å². The first-order chi connectivity index (χ1) is 15.3. The number of carbonyl (C=O) groups is 1. The van der Waals surface area contributed by atoms with Crippen LogP contribution in [-0.4, -0.2) is 50.0 Å². The van der Waals surface area contributed by atoms with E-state index in [-0.39, 0.29) is 29.5 Å². The van der Waals surface area contributed by atoms with E-state index in [9.17, 15) is 18.0 Å². The molecule has 1 saturated carbocycles. The predicted molar refractivity (Wildman–Crippen MR) is 110 cm³/mol. The quantitative estimate of drug-likeness (QED) is 0.669. The maximum Gasteiger partial charge on any atom is 0.416 e. The molecule has 7 nitrogen and oxygen atoms in total. The van der Waals surface area contributed by atoms with E-state index in [4.69, 9.17) is 5.73 Å². The Bertz CT molecular complexity index is 1150. The summed E-state index contributed by atoms with van der Waals surface area (Å²) in [5.41, 5.74) is 6.30. The van der Waals surface area contributed by atoms with Crippen LogP contribution in [0.4, 0.5) is 13.2 Å². The Balaban J connectivity index is 1.29. The van der Waals surface area contributed by atoms with Crippen LogP contribution >= 0.6 is 0 Å². The van der Waals surface area contributed by atoms with Crippen molar-refractivity contribution in [3.8, 4) is 0 Å². The van der Waals surface area contributed by atoms with E-state index in [2.05, 4.69) is 15.1 Å². The SMILES string of the molecule is NCCc1cnc2nc(C(=O)N3C[C@H]4CC(c5ccccc5C(F)(F)F)C[C@H]4C3)nn2c1. The van der Waals surface area contributed by atoms with E-state index in [1.54, 1.807) is 29.4 Å². The second kappa shape index (κ2) is 7.84. The third kappa shape index (κ3) is 3.72. The monoisotopic (exact) mass is 444 g/mol. The van der Waals surface area contributed by atoms with Crippen LogP contribution in [0.2, 0.25) is 0 Å². The summed E-state index contributed by atoms with van der Waals surface area (Å²) in [7, 11) is 0. The standard InChI is InChI=1S/C22H23F3N6O/c23-22(24,25)18-4-2-1-3-17(18)14-7-15-11-30(12-16(15)8-14)20(32)19-28-21-27-9-13(5-6-26)10-31(21)29-19/h1-4,9-10,14-16H,5-8,11-12,26H2/t14?,15-,16+. The third-order valence-electron chi connectivity index (χ3n) is 6.62. The molecule has 1 aliphatic carbocycles. The molecule has 0 spiro atoms. The lowest BCUT2D eigenvalue weighted by molar-refractivity contribution is -0.138. The third-order valence-corrected chi connectivity index (χ3v) is 6.62. The van der Waals surface area contributed by atoms with Crippen molar-refractivity contribution < 1.29 is 18.0 Å². The van der Waals surface area contributed by atoms with Gasteiger partial charge in [-0.3, -0.25) is 4.79 Å². The zero-order chi connectivity index (χ0) is 22.5. The fourth-order valence-corrected chi connectivity index (χ4v) is 5.18. The average molecular weight is 444 g/mol. The maximum atomic E-state index is 13.4. The number of fused-ring (bicyclic) bond motifs is 2. The van der Waals surface area contributed by atoms with Crippen LogP contribution in [0.25, 0.3) is 5.78 Å².